The van der Waals surface area contributed by atoms with Gasteiger partial charge < -0.3 is 10.6 Å². The Morgan fingerprint density at radius 3 is 2.63 bits per heavy atom. The third-order valence-electron chi connectivity index (χ3n) is 5.01. The summed E-state index contributed by atoms with van der Waals surface area (Å²) < 4.78 is 1.13. The Labute approximate surface area is 170 Å². The molecule has 0 radical (unpaired) electrons. The number of hydrogen-bond donors (Lipinski definition) is 2. The summed E-state index contributed by atoms with van der Waals surface area (Å²) in [6.45, 7) is 6.00. The highest BCUT2D eigenvalue weighted by atomic mass is 79.9. The first kappa shape index (κ1) is 19.8. The zero-order valence-electron chi connectivity index (χ0n) is 16.1. The van der Waals surface area contributed by atoms with Crippen LogP contribution in [0.4, 0.5) is 0 Å². The predicted octanol–water partition coefficient (Wildman–Crippen LogP) is 3.48. The van der Waals surface area contributed by atoms with E-state index < -0.39 is 0 Å². The fraction of sp³-hybridized carbons (Fsp3) is 0.429. The second kappa shape index (κ2) is 9.85. The Kier molecular flexibility index (Phi) is 7.24. The minimum atomic E-state index is 0.460. The van der Waals surface area contributed by atoms with Gasteiger partial charge in [0, 0.05) is 43.4 Å². The van der Waals surface area contributed by atoms with E-state index in [9.17, 15) is 0 Å². The summed E-state index contributed by atoms with van der Waals surface area (Å²) in [7, 11) is 1.82. The molecule has 2 aromatic rings. The minimum Gasteiger partial charge on any atom is -0.354 e. The maximum absolute atomic E-state index is 4.43. The first-order chi connectivity index (χ1) is 13.1. The number of nitrogens with one attached hydrogen (secondary N) is 2. The summed E-state index contributed by atoms with van der Waals surface area (Å²) in [6.07, 6.45) is 4.08. The molecule has 5 nitrogen and oxygen atoms in total. The molecule has 1 aliphatic rings. The van der Waals surface area contributed by atoms with Crippen LogP contribution in [0.5, 0.6) is 0 Å². The molecule has 0 saturated carbocycles. The third-order valence-corrected chi connectivity index (χ3v) is 5.54. The lowest BCUT2D eigenvalue weighted by Crippen LogP contribution is -2.48. The number of piperidine rings is 1. The van der Waals surface area contributed by atoms with Crippen LogP contribution in [0.2, 0.25) is 0 Å². The average Bonchev–Trinajstić information content (AvgIpc) is 2.69. The number of aromatic nitrogens is 1. The Morgan fingerprint density at radius 1 is 1.22 bits per heavy atom. The fourth-order valence-electron chi connectivity index (χ4n) is 3.34. The highest BCUT2D eigenvalue weighted by Gasteiger charge is 2.20. The molecule has 2 heterocycles. The Morgan fingerprint density at radius 2 is 1.96 bits per heavy atom. The van der Waals surface area contributed by atoms with Crippen molar-refractivity contribution in [3.05, 3.63) is 63.9 Å². The van der Waals surface area contributed by atoms with Gasteiger partial charge >= 0.3 is 0 Å². The third kappa shape index (κ3) is 6.04. The number of benzene rings is 1. The maximum atomic E-state index is 4.43. The van der Waals surface area contributed by atoms with Crippen LogP contribution in [0, 0.1) is 6.92 Å². The van der Waals surface area contributed by atoms with Gasteiger partial charge in [-0.05, 0) is 49.1 Å². The van der Waals surface area contributed by atoms with Crippen LogP contribution in [0.3, 0.4) is 0 Å². The first-order valence-electron chi connectivity index (χ1n) is 9.48. The van der Waals surface area contributed by atoms with Gasteiger partial charge in [-0.25, -0.2) is 0 Å². The lowest BCUT2D eigenvalue weighted by Gasteiger charge is -2.33. The number of halogens is 1. The minimum absolute atomic E-state index is 0.460. The van der Waals surface area contributed by atoms with E-state index in [1.165, 1.54) is 11.1 Å². The summed E-state index contributed by atoms with van der Waals surface area (Å²) in [5, 5.41) is 6.95. The number of aliphatic imine (C=N–C) groups is 1. The zero-order valence-corrected chi connectivity index (χ0v) is 17.7. The van der Waals surface area contributed by atoms with E-state index in [2.05, 4.69) is 78.7 Å². The summed E-state index contributed by atoms with van der Waals surface area (Å²) in [5.74, 6) is 0.853. The van der Waals surface area contributed by atoms with Gasteiger partial charge in [0.1, 0.15) is 0 Å². The molecular weight excluding hydrogens is 402 g/mol. The van der Waals surface area contributed by atoms with Crippen molar-refractivity contribution in [1.82, 2.24) is 20.5 Å². The normalized spacial score (nSPS) is 16.3. The predicted molar refractivity (Wildman–Crippen MR) is 115 cm³/mol. The highest BCUT2D eigenvalue weighted by molar-refractivity contribution is 9.10. The summed E-state index contributed by atoms with van der Waals surface area (Å²) >= 11 is 3.50. The lowest BCUT2D eigenvalue weighted by molar-refractivity contribution is 0.198. The van der Waals surface area contributed by atoms with Crippen molar-refractivity contribution in [3.8, 4) is 0 Å². The van der Waals surface area contributed by atoms with Crippen LogP contribution in [0.15, 0.2) is 52.1 Å². The molecule has 1 aromatic carbocycles. The van der Waals surface area contributed by atoms with Gasteiger partial charge in [-0.15, -0.1) is 0 Å². The molecule has 0 aliphatic carbocycles. The smallest absolute Gasteiger partial charge is 0.191 e. The average molecular weight is 430 g/mol. The summed E-state index contributed by atoms with van der Waals surface area (Å²) in [5.41, 5.74) is 3.62. The van der Waals surface area contributed by atoms with Crippen LogP contribution in [0.1, 0.15) is 29.7 Å². The van der Waals surface area contributed by atoms with Crippen LogP contribution in [-0.4, -0.2) is 42.0 Å². The SMILES string of the molecule is CN=C(NCc1ncccc1C)NC1CCN(Cc2ccc(Br)cc2)CC1. The monoisotopic (exact) mass is 429 g/mol. The zero-order chi connectivity index (χ0) is 19.1. The van der Waals surface area contributed by atoms with Gasteiger partial charge in [-0.1, -0.05) is 34.1 Å². The number of hydrogen-bond acceptors (Lipinski definition) is 3. The van der Waals surface area contributed by atoms with Gasteiger partial charge in [0.2, 0.25) is 0 Å². The van der Waals surface area contributed by atoms with E-state index in [1.807, 2.05) is 19.3 Å². The molecule has 0 spiro atoms. The van der Waals surface area contributed by atoms with Crippen LogP contribution in [-0.2, 0) is 13.1 Å². The molecule has 27 heavy (non-hydrogen) atoms. The Balaban J connectivity index is 1.43. The molecule has 2 N–H and O–H groups in total. The van der Waals surface area contributed by atoms with Crippen LogP contribution in [0.25, 0.3) is 0 Å². The molecule has 1 aromatic heterocycles. The molecule has 1 aliphatic heterocycles. The standard InChI is InChI=1S/C21H28BrN5/c1-16-4-3-11-24-20(16)14-25-21(23-2)26-19-9-12-27(13-10-19)15-17-5-7-18(22)8-6-17/h3-8,11,19H,9-10,12-15H2,1-2H3,(H2,23,25,26). The largest absolute Gasteiger partial charge is 0.354 e. The molecule has 1 saturated heterocycles. The molecule has 0 unspecified atom stereocenters. The molecule has 0 bridgehead atoms. The number of guanidine groups is 1. The van der Waals surface area contributed by atoms with E-state index in [4.69, 9.17) is 0 Å². The molecule has 0 amide bonds. The molecule has 144 valence electrons. The number of aryl methyl sites for hydroxylation is 1. The highest BCUT2D eigenvalue weighted by Crippen LogP contribution is 2.16. The van der Waals surface area contributed by atoms with Gasteiger partial charge in [-0.2, -0.15) is 0 Å². The van der Waals surface area contributed by atoms with Gasteiger partial charge in [0.25, 0.3) is 0 Å². The number of pyridine rings is 1. The first-order valence-corrected chi connectivity index (χ1v) is 10.3. The molecule has 1 fully saturated rings. The summed E-state index contributed by atoms with van der Waals surface area (Å²) in [6, 6.07) is 13.1. The molecule has 0 atom stereocenters. The summed E-state index contributed by atoms with van der Waals surface area (Å²) in [4.78, 5) is 11.3. The molecular formula is C21H28BrN5. The van der Waals surface area contributed by atoms with E-state index in [1.54, 1.807) is 0 Å². The van der Waals surface area contributed by atoms with Crippen LogP contribution >= 0.6 is 15.9 Å². The maximum Gasteiger partial charge on any atom is 0.191 e. The van der Waals surface area contributed by atoms with E-state index in [-0.39, 0.29) is 0 Å². The second-order valence-electron chi connectivity index (χ2n) is 7.01. The van der Waals surface area contributed by atoms with Gasteiger partial charge in [-0.3, -0.25) is 14.9 Å². The number of rotatable bonds is 5. The van der Waals surface area contributed by atoms with Gasteiger partial charge in [0.05, 0.1) is 12.2 Å². The quantitative estimate of drug-likeness (QED) is 0.564. The van der Waals surface area contributed by atoms with Crippen molar-refractivity contribution < 1.29 is 0 Å². The molecule has 3 rings (SSSR count). The second-order valence-corrected chi connectivity index (χ2v) is 7.93. The van der Waals surface area contributed by atoms with E-state index >= 15 is 0 Å². The van der Waals surface area contributed by atoms with E-state index in [0.29, 0.717) is 12.6 Å². The molecule has 6 heteroatoms. The van der Waals surface area contributed by atoms with Crippen LogP contribution < -0.4 is 10.6 Å². The van der Waals surface area contributed by atoms with Gasteiger partial charge in [0.15, 0.2) is 5.96 Å². The van der Waals surface area contributed by atoms with Crippen molar-refractivity contribution in [3.63, 3.8) is 0 Å². The number of nitrogens with zero attached hydrogens (tertiary/aromatic N) is 3. The lowest BCUT2D eigenvalue weighted by atomic mass is 10.0. The van der Waals surface area contributed by atoms with Crippen molar-refractivity contribution in [2.45, 2.75) is 38.9 Å². The Bertz CT molecular complexity index is 751. The van der Waals surface area contributed by atoms with Crippen molar-refractivity contribution in [2.75, 3.05) is 20.1 Å². The topological polar surface area (TPSA) is 52.6 Å². The van der Waals surface area contributed by atoms with E-state index in [0.717, 1.165) is 48.6 Å². The van der Waals surface area contributed by atoms with Crippen molar-refractivity contribution in [1.29, 1.82) is 0 Å². The Hall–Kier alpha value is -1.92. The van der Waals surface area contributed by atoms with Crippen molar-refractivity contribution in [2.24, 2.45) is 4.99 Å². The fourth-order valence-corrected chi connectivity index (χ4v) is 3.61. The van der Waals surface area contributed by atoms with Crippen molar-refractivity contribution >= 4 is 21.9 Å². The number of likely N-dealkylation sites (tertiary alicyclic amines) is 1.